The molecule has 0 bridgehead atoms. The van der Waals surface area contributed by atoms with Crippen LogP contribution in [0.1, 0.15) is 27.7 Å². The van der Waals surface area contributed by atoms with E-state index in [-0.39, 0.29) is 37.0 Å². The van der Waals surface area contributed by atoms with E-state index in [0.29, 0.717) is 18.7 Å². The molecule has 174 valence electrons. The number of likely N-dealkylation sites (N-methyl/N-ethyl adjacent to an activating group) is 1. The smallest absolute Gasteiger partial charge is 0.338 e. The van der Waals surface area contributed by atoms with Crippen molar-refractivity contribution in [1.29, 1.82) is 0 Å². The number of hydrogen-bond acceptors (Lipinski definition) is 7. The molecule has 2 N–H and O–H groups in total. The van der Waals surface area contributed by atoms with Gasteiger partial charge in [-0.05, 0) is 36.1 Å². The molecule has 1 fully saturated rings. The second-order valence-corrected chi connectivity index (χ2v) is 8.21. The minimum atomic E-state index is -0.692. The Morgan fingerprint density at radius 3 is 2.55 bits per heavy atom. The number of rotatable bonds is 10. The topological polar surface area (TPSA) is 125 Å². The highest BCUT2D eigenvalue weighted by Crippen LogP contribution is 2.11. The Morgan fingerprint density at radius 2 is 1.94 bits per heavy atom. The van der Waals surface area contributed by atoms with Gasteiger partial charge in [-0.1, -0.05) is 18.2 Å². The first-order valence-corrected chi connectivity index (χ1v) is 11.2. The van der Waals surface area contributed by atoms with Crippen molar-refractivity contribution in [2.75, 3.05) is 26.2 Å². The fraction of sp³-hybridized carbons (Fsp3) is 0.318. The molecule has 1 aromatic carbocycles. The van der Waals surface area contributed by atoms with Gasteiger partial charge in [-0.15, -0.1) is 11.3 Å². The van der Waals surface area contributed by atoms with Crippen molar-refractivity contribution in [3.8, 4) is 0 Å². The minimum absolute atomic E-state index is 0.0255. The maximum absolute atomic E-state index is 12.4. The van der Waals surface area contributed by atoms with Gasteiger partial charge in [-0.2, -0.15) is 0 Å². The number of carbonyl (C=O) groups is 5. The van der Waals surface area contributed by atoms with Crippen molar-refractivity contribution >= 4 is 41.1 Å². The van der Waals surface area contributed by atoms with E-state index >= 15 is 0 Å². The number of esters is 1. The van der Waals surface area contributed by atoms with Crippen LogP contribution in [0.25, 0.3) is 0 Å². The van der Waals surface area contributed by atoms with Crippen molar-refractivity contribution in [2.45, 2.75) is 20.0 Å². The van der Waals surface area contributed by atoms with Gasteiger partial charge < -0.3 is 20.3 Å². The number of amides is 5. The predicted octanol–water partition coefficient (Wildman–Crippen LogP) is 1.12. The average molecular weight is 473 g/mol. The normalized spacial score (nSPS) is 12.9. The third kappa shape index (κ3) is 6.62. The highest BCUT2D eigenvalue weighted by Gasteiger charge is 2.28. The van der Waals surface area contributed by atoms with E-state index in [1.807, 2.05) is 17.5 Å². The fourth-order valence-corrected chi connectivity index (χ4v) is 3.70. The molecule has 0 radical (unpaired) electrons. The molecule has 1 saturated heterocycles. The van der Waals surface area contributed by atoms with Crippen molar-refractivity contribution in [1.82, 2.24) is 20.4 Å². The molecule has 0 unspecified atom stereocenters. The van der Waals surface area contributed by atoms with Crippen molar-refractivity contribution in [3.63, 3.8) is 0 Å². The number of imide groups is 1. The summed E-state index contributed by atoms with van der Waals surface area (Å²) < 4.78 is 5.09. The SMILES string of the molecule is CCN(CC(=O)NCc1cccs1)C(=O)COC(=O)c1ccc(CN2C(=O)CNC2=O)cc1. The van der Waals surface area contributed by atoms with Gasteiger partial charge in [0.25, 0.3) is 5.91 Å². The molecule has 33 heavy (non-hydrogen) atoms. The summed E-state index contributed by atoms with van der Waals surface area (Å²) in [7, 11) is 0. The lowest BCUT2D eigenvalue weighted by Gasteiger charge is -2.20. The first-order chi connectivity index (χ1) is 15.9. The lowest BCUT2D eigenvalue weighted by atomic mass is 10.1. The van der Waals surface area contributed by atoms with Crippen molar-refractivity contribution in [2.24, 2.45) is 0 Å². The Morgan fingerprint density at radius 1 is 1.18 bits per heavy atom. The fourth-order valence-electron chi connectivity index (χ4n) is 3.05. The lowest BCUT2D eigenvalue weighted by Crippen LogP contribution is -2.42. The zero-order chi connectivity index (χ0) is 23.8. The van der Waals surface area contributed by atoms with Crippen LogP contribution in [0, 0.1) is 0 Å². The van der Waals surface area contributed by atoms with Gasteiger partial charge in [0, 0.05) is 11.4 Å². The Kier molecular flexibility index (Phi) is 8.14. The molecule has 1 aromatic heterocycles. The third-order valence-corrected chi connectivity index (χ3v) is 5.78. The summed E-state index contributed by atoms with van der Waals surface area (Å²) in [5.74, 6) is -1.79. The summed E-state index contributed by atoms with van der Waals surface area (Å²) in [6.45, 7) is 1.87. The molecule has 0 spiro atoms. The van der Waals surface area contributed by atoms with E-state index in [2.05, 4.69) is 10.6 Å². The summed E-state index contributed by atoms with van der Waals surface area (Å²) in [4.78, 5) is 63.4. The minimum Gasteiger partial charge on any atom is -0.452 e. The quantitative estimate of drug-likeness (QED) is 0.394. The molecule has 0 aliphatic carbocycles. The average Bonchev–Trinajstić information content (AvgIpc) is 3.45. The van der Waals surface area contributed by atoms with E-state index in [0.717, 1.165) is 9.78 Å². The number of nitrogens with zero attached hydrogens (tertiary/aromatic N) is 2. The zero-order valence-corrected chi connectivity index (χ0v) is 18.9. The van der Waals surface area contributed by atoms with E-state index in [1.165, 1.54) is 28.4 Å². The third-order valence-electron chi connectivity index (χ3n) is 4.90. The number of benzene rings is 1. The lowest BCUT2D eigenvalue weighted by molar-refractivity contribution is -0.138. The molecule has 10 nitrogen and oxygen atoms in total. The van der Waals surface area contributed by atoms with Gasteiger partial charge in [0.2, 0.25) is 11.8 Å². The Bertz CT molecular complexity index is 1010. The highest BCUT2D eigenvalue weighted by molar-refractivity contribution is 7.09. The zero-order valence-electron chi connectivity index (χ0n) is 18.0. The molecular formula is C22H24N4O6S. The molecule has 2 heterocycles. The maximum Gasteiger partial charge on any atom is 0.338 e. The molecular weight excluding hydrogens is 448 g/mol. The standard InChI is InChI=1S/C22H24N4O6S/c1-2-25(13-18(27)23-10-17-4-3-9-33-17)20(29)14-32-21(30)16-7-5-15(6-8-16)12-26-19(28)11-24-22(26)31/h3-9H,2,10-14H2,1H3,(H,23,27)(H,24,31). The van der Waals surface area contributed by atoms with Crippen LogP contribution < -0.4 is 10.6 Å². The number of ether oxygens (including phenoxy) is 1. The van der Waals surface area contributed by atoms with Crippen LogP contribution >= 0.6 is 11.3 Å². The number of urea groups is 1. The number of nitrogens with one attached hydrogen (secondary N) is 2. The summed E-state index contributed by atoms with van der Waals surface area (Å²) in [6, 6.07) is 9.54. The Labute approximate surface area is 194 Å². The number of thiophene rings is 1. The van der Waals surface area contributed by atoms with Crippen LogP contribution in [0.4, 0.5) is 4.79 Å². The van der Waals surface area contributed by atoms with Crippen molar-refractivity contribution in [3.05, 3.63) is 57.8 Å². The van der Waals surface area contributed by atoms with Crippen LogP contribution in [-0.4, -0.2) is 65.8 Å². The van der Waals surface area contributed by atoms with Gasteiger partial charge in [0.15, 0.2) is 6.61 Å². The van der Waals surface area contributed by atoms with E-state index < -0.39 is 24.5 Å². The maximum atomic E-state index is 12.4. The monoisotopic (exact) mass is 472 g/mol. The molecule has 11 heteroatoms. The summed E-state index contributed by atoms with van der Waals surface area (Å²) in [5.41, 5.74) is 0.888. The van der Waals surface area contributed by atoms with Gasteiger partial charge in [-0.3, -0.25) is 19.3 Å². The summed E-state index contributed by atoms with van der Waals surface area (Å²) >= 11 is 1.53. The van der Waals surface area contributed by atoms with Gasteiger partial charge in [0.05, 0.1) is 31.7 Å². The van der Waals surface area contributed by atoms with Gasteiger partial charge in [-0.25, -0.2) is 9.59 Å². The Balaban J connectivity index is 1.45. The van der Waals surface area contributed by atoms with Crippen LogP contribution in [0.15, 0.2) is 41.8 Å². The van der Waals surface area contributed by atoms with Gasteiger partial charge >= 0.3 is 12.0 Å². The summed E-state index contributed by atoms with van der Waals surface area (Å²) in [5, 5.41) is 7.11. The predicted molar refractivity (Wildman–Crippen MR) is 119 cm³/mol. The highest BCUT2D eigenvalue weighted by atomic mass is 32.1. The molecule has 2 aromatic rings. The van der Waals surface area contributed by atoms with E-state index in [1.54, 1.807) is 19.1 Å². The van der Waals surface area contributed by atoms with Gasteiger partial charge in [0.1, 0.15) is 0 Å². The van der Waals surface area contributed by atoms with Crippen LogP contribution in [0.2, 0.25) is 0 Å². The molecule has 0 atom stereocenters. The van der Waals surface area contributed by atoms with Crippen LogP contribution in [0.3, 0.4) is 0 Å². The largest absolute Gasteiger partial charge is 0.452 e. The second-order valence-electron chi connectivity index (χ2n) is 7.18. The molecule has 1 aliphatic heterocycles. The molecule has 3 rings (SSSR count). The second kappa shape index (κ2) is 11.2. The van der Waals surface area contributed by atoms with Crippen LogP contribution in [0.5, 0.6) is 0 Å². The number of carbonyl (C=O) groups excluding carboxylic acids is 5. The van der Waals surface area contributed by atoms with Crippen molar-refractivity contribution < 1.29 is 28.7 Å². The van der Waals surface area contributed by atoms with Crippen LogP contribution in [-0.2, 0) is 32.2 Å². The molecule has 1 aliphatic rings. The van der Waals surface area contributed by atoms with E-state index in [9.17, 15) is 24.0 Å². The van der Waals surface area contributed by atoms with E-state index in [4.69, 9.17) is 4.74 Å². The first-order valence-electron chi connectivity index (χ1n) is 10.3. The molecule has 5 amide bonds. The molecule has 0 saturated carbocycles. The summed E-state index contributed by atoms with van der Waals surface area (Å²) in [6.07, 6.45) is 0. The Hall–Kier alpha value is -3.73. The first kappa shape index (κ1) is 23.9. The number of hydrogen-bond donors (Lipinski definition) is 2.